The molecule has 3 unspecified atom stereocenters. The van der Waals surface area contributed by atoms with Crippen LogP contribution in [-0.2, 0) is 24.7 Å². The van der Waals surface area contributed by atoms with Crippen molar-refractivity contribution in [3.8, 4) is 5.75 Å². The molecule has 156 valence electrons. The summed E-state index contributed by atoms with van der Waals surface area (Å²) < 4.78 is 23.6. The number of phenolic OH excluding ortho intramolecular Hbond substituents is 1. The maximum absolute atomic E-state index is 9.84. The van der Waals surface area contributed by atoms with Crippen LogP contribution in [0.25, 0.3) is 0 Å². The Kier molecular flexibility index (Phi) is 7.91. The van der Waals surface area contributed by atoms with Gasteiger partial charge in [0, 0.05) is 11.5 Å². The van der Waals surface area contributed by atoms with E-state index in [1.165, 1.54) is 0 Å². The van der Waals surface area contributed by atoms with Crippen molar-refractivity contribution in [2.45, 2.75) is 63.9 Å². The van der Waals surface area contributed by atoms with E-state index in [9.17, 15) is 5.11 Å². The first-order chi connectivity index (χ1) is 13.6. The highest BCUT2D eigenvalue weighted by Gasteiger charge is 2.42. The molecular formula is C23H34O5. The number of allylic oxidation sites excluding steroid dienone is 1. The van der Waals surface area contributed by atoms with Gasteiger partial charge in [0.05, 0.1) is 38.6 Å². The van der Waals surface area contributed by atoms with Crippen molar-refractivity contribution in [2.24, 2.45) is 5.92 Å². The Morgan fingerprint density at radius 1 is 1.14 bits per heavy atom. The standard InChI is InChI=1S/C23H34O5/c1-18(23(27-15-16-28-23)20-8-6-9-21(24)17-20)7-4-3-5-10-22-12-11-19(2)25-13-14-26-22/h4,6-9,17-19,22,24H,3,5,10-16H2,1-2H3/b7-4+. The van der Waals surface area contributed by atoms with Gasteiger partial charge in [0.1, 0.15) is 5.75 Å². The van der Waals surface area contributed by atoms with Crippen molar-refractivity contribution >= 4 is 0 Å². The van der Waals surface area contributed by atoms with Gasteiger partial charge in [-0.05, 0) is 51.2 Å². The van der Waals surface area contributed by atoms with Crippen molar-refractivity contribution < 1.29 is 24.1 Å². The van der Waals surface area contributed by atoms with E-state index in [2.05, 4.69) is 26.0 Å². The molecule has 0 aromatic heterocycles. The molecule has 1 aromatic rings. The predicted octanol–water partition coefficient (Wildman–Crippen LogP) is 4.54. The van der Waals surface area contributed by atoms with Crippen molar-refractivity contribution in [3.63, 3.8) is 0 Å². The summed E-state index contributed by atoms with van der Waals surface area (Å²) in [7, 11) is 0. The molecule has 1 N–H and O–H groups in total. The third-order valence-electron chi connectivity index (χ3n) is 5.62. The summed E-state index contributed by atoms with van der Waals surface area (Å²) in [5, 5.41) is 9.84. The van der Waals surface area contributed by atoms with Crippen LogP contribution in [0.15, 0.2) is 36.4 Å². The van der Waals surface area contributed by atoms with Gasteiger partial charge in [-0.1, -0.05) is 31.2 Å². The summed E-state index contributed by atoms with van der Waals surface area (Å²) in [6, 6.07) is 7.17. The first-order valence-corrected chi connectivity index (χ1v) is 10.6. The van der Waals surface area contributed by atoms with Crippen LogP contribution in [0, 0.1) is 5.92 Å². The zero-order valence-electron chi connectivity index (χ0n) is 17.1. The molecule has 2 aliphatic heterocycles. The summed E-state index contributed by atoms with van der Waals surface area (Å²) in [6.45, 7) is 6.77. The van der Waals surface area contributed by atoms with Crippen LogP contribution < -0.4 is 0 Å². The highest BCUT2D eigenvalue weighted by Crippen LogP contribution is 2.40. The molecule has 2 fully saturated rings. The molecule has 1 aromatic carbocycles. The Hall–Kier alpha value is -1.40. The fraction of sp³-hybridized carbons (Fsp3) is 0.652. The summed E-state index contributed by atoms with van der Waals surface area (Å²) in [4.78, 5) is 0. The second-order valence-electron chi connectivity index (χ2n) is 7.81. The lowest BCUT2D eigenvalue weighted by atomic mass is 9.92. The lowest BCUT2D eigenvalue weighted by molar-refractivity contribution is -0.190. The number of unbranched alkanes of at least 4 members (excludes halogenated alkanes) is 1. The van der Waals surface area contributed by atoms with E-state index in [0.29, 0.717) is 38.6 Å². The zero-order chi connectivity index (χ0) is 19.8. The first kappa shape index (κ1) is 21.3. The molecule has 2 aliphatic rings. The van der Waals surface area contributed by atoms with E-state index in [1.54, 1.807) is 12.1 Å². The number of phenols is 1. The maximum atomic E-state index is 9.84. The SMILES string of the molecule is CC1CCC(CCC/C=C/C(C)C2(c3cccc(O)c3)OCCO2)OCCO1. The van der Waals surface area contributed by atoms with Crippen molar-refractivity contribution in [1.82, 2.24) is 0 Å². The number of aromatic hydroxyl groups is 1. The molecular weight excluding hydrogens is 356 g/mol. The van der Waals surface area contributed by atoms with E-state index in [-0.39, 0.29) is 11.7 Å². The smallest absolute Gasteiger partial charge is 0.201 e. The summed E-state index contributed by atoms with van der Waals surface area (Å²) in [6.07, 6.45) is 10.4. The van der Waals surface area contributed by atoms with Crippen LogP contribution in [-0.4, -0.2) is 43.7 Å². The minimum atomic E-state index is -0.811. The van der Waals surface area contributed by atoms with Gasteiger partial charge in [-0.25, -0.2) is 0 Å². The average Bonchev–Trinajstić information content (AvgIpc) is 3.17. The predicted molar refractivity (Wildman–Crippen MR) is 108 cm³/mol. The van der Waals surface area contributed by atoms with Gasteiger partial charge >= 0.3 is 0 Å². The minimum absolute atomic E-state index is 0.0486. The van der Waals surface area contributed by atoms with Gasteiger partial charge in [-0.2, -0.15) is 0 Å². The Bertz CT molecular complexity index is 623. The van der Waals surface area contributed by atoms with Crippen molar-refractivity contribution in [2.75, 3.05) is 26.4 Å². The van der Waals surface area contributed by atoms with Gasteiger partial charge in [0.15, 0.2) is 0 Å². The Morgan fingerprint density at radius 2 is 1.93 bits per heavy atom. The third kappa shape index (κ3) is 5.57. The summed E-state index contributed by atoms with van der Waals surface area (Å²) in [5.41, 5.74) is 0.862. The topological polar surface area (TPSA) is 57.2 Å². The Labute approximate surface area is 168 Å². The number of benzene rings is 1. The largest absolute Gasteiger partial charge is 0.508 e. The average molecular weight is 391 g/mol. The quantitative estimate of drug-likeness (QED) is 0.547. The van der Waals surface area contributed by atoms with E-state index < -0.39 is 5.79 Å². The van der Waals surface area contributed by atoms with Crippen LogP contribution >= 0.6 is 0 Å². The normalized spacial score (nSPS) is 26.8. The first-order valence-electron chi connectivity index (χ1n) is 10.6. The fourth-order valence-corrected chi connectivity index (χ4v) is 4.01. The van der Waals surface area contributed by atoms with E-state index in [4.69, 9.17) is 18.9 Å². The molecule has 5 heteroatoms. The highest BCUT2D eigenvalue weighted by molar-refractivity contribution is 5.31. The van der Waals surface area contributed by atoms with Gasteiger partial charge in [-0.3, -0.25) is 0 Å². The maximum Gasteiger partial charge on any atom is 0.201 e. The van der Waals surface area contributed by atoms with E-state index in [1.807, 2.05) is 12.1 Å². The molecule has 0 saturated carbocycles. The zero-order valence-corrected chi connectivity index (χ0v) is 17.1. The minimum Gasteiger partial charge on any atom is -0.508 e. The molecule has 28 heavy (non-hydrogen) atoms. The molecule has 2 heterocycles. The number of hydrogen-bond donors (Lipinski definition) is 1. The lowest BCUT2D eigenvalue weighted by Gasteiger charge is -2.32. The number of rotatable bonds is 7. The van der Waals surface area contributed by atoms with E-state index >= 15 is 0 Å². The molecule has 3 atom stereocenters. The highest BCUT2D eigenvalue weighted by atomic mass is 16.7. The van der Waals surface area contributed by atoms with Gasteiger partial charge in [0.25, 0.3) is 0 Å². The Morgan fingerprint density at radius 3 is 2.71 bits per heavy atom. The molecule has 2 saturated heterocycles. The van der Waals surface area contributed by atoms with Gasteiger partial charge in [-0.15, -0.1) is 0 Å². The fourth-order valence-electron chi connectivity index (χ4n) is 4.01. The van der Waals surface area contributed by atoms with Crippen LogP contribution in [0.4, 0.5) is 0 Å². The molecule has 0 bridgehead atoms. The molecule has 5 nitrogen and oxygen atoms in total. The number of ether oxygens (including phenoxy) is 4. The molecule has 0 spiro atoms. The van der Waals surface area contributed by atoms with E-state index in [0.717, 1.165) is 37.7 Å². The van der Waals surface area contributed by atoms with Crippen LogP contribution in [0.3, 0.4) is 0 Å². The summed E-state index contributed by atoms with van der Waals surface area (Å²) >= 11 is 0. The van der Waals surface area contributed by atoms with Crippen LogP contribution in [0.1, 0.15) is 51.5 Å². The molecule has 0 aliphatic carbocycles. The van der Waals surface area contributed by atoms with Crippen molar-refractivity contribution in [1.29, 1.82) is 0 Å². The van der Waals surface area contributed by atoms with Crippen molar-refractivity contribution in [3.05, 3.63) is 42.0 Å². The third-order valence-corrected chi connectivity index (χ3v) is 5.62. The van der Waals surface area contributed by atoms with Gasteiger partial charge < -0.3 is 24.1 Å². The van der Waals surface area contributed by atoms with Crippen LogP contribution in [0.5, 0.6) is 5.75 Å². The Balaban J connectivity index is 1.50. The second kappa shape index (κ2) is 10.4. The monoisotopic (exact) mass is 390 g/mol. The molecule has 3 rings (SSSR count). The molecule has 0 amide bonds. The molecule has 0 radical (unpaired) electrons. The second-order valence-corrected chi connectivity index (χ2v) is 7.81. The number of hydrogen-bond acceptors (Lipinski definition) is 5. The van der Waals surface area contributed by atoms with Crippen LogP contribution in [0.2, 0.25) is 0 Å². The van der Waals surface area contributed by atoms with Gasteiger partial charge in [0.2, 0.25) is 5.79 Å². The summed E-state index contributed by atoms with van der Waals surface area (Å²) in [5.74, 6) is -0.535. The lowest BCUT2D eigenvalue weighted by Crippen LogP contribution is -2.33.